The van der Waals surface area contributed by atoms with Gasteiger partial charge in [-0.1, -0.05) is 36.4 Å². The van der Waals surface area contributed by atoms with Gasteiger partial charge < -0.3 is 19.3 Å². The van der Waals surface area contributed by atoms with Crippen molar-refractivity contribution in [3.05, 3.63) is 59.7 Å². The zero-order valence-electron chi connectivity index (χ0n) is 10.6. The van der Waals surface area contributed by atoms with Crippen LogP contribution in [0.4, 0.5) is 0 Å². The van der Waals surface area contributed by atoms with Crippen molar-refractivity contribution in [1.29, 1.82) is 0 Å². The second kappa shape index (κ2) is 7.46. The first-order chi connectivity index (χ1) is 9.66. The lowest BCUT2D eigenvalue weighted by atomic mass is 10.2. The van der Waals surface area contributed by atoms with E-state index in [0.717, 1.165) is 0 Å². The minimum Gasteiger partial charge on any atom is -0.508 e. The molecule has 0 saturated carbocycles. The van der Waals surface area contributed by atoms with Crippen LogP contribution in [0.3, 0.4) is 0 Å². The standard InChI is InChI=1S/C14H14ClO4P/c15-20(18-9-11-5-1-3-7-13(11)16)19-10-12-6-2-4-8-14(12)17/h1-8,16-17H,9-10H2. The highest BCUT2D eigenvalue weighted by molar-refractivity contribution is 7.76. The molecule has 0 saturated heterocycles. The van der Waals surface area contributed by atoms with Gasteiger partial charge in [0, 0.05) is 11.1 Å². The molecule has 0 unspecified atom stereocenters. The topological polar surface area (TPSA) is 58.9 Å². The Balaban J connectivity index is 1.80. The van der Waals surface area contributed by atoms with Crippen molar-refractivity contribution >= 4 is 19.0 Å². The van der Waals surface area contributed by atoms with Gasteiger partial charge in [-0.15, -0.1) is 0 Å². The first kappa shape index (κ1) is 15.1. The van der Waals surface area contributed by atoms with Crippen molar-refractivity contribution in [3.8, 4) is 11.5 Å². The van der Waals surface area contributed by atoms with Crippen LogP contribution in [0.15, 0.2) is 48.5 Å². The molecule has 0 heterocycles. The monoisotopic (exact) mass is 312 g/mol. The van der Waals surface area contributed by atoms with Crippen LogP contribution < -0.4 is 0 Å². The van der Waals surface area contributed by atoms with Gasteiger partial charge in [-0.2, -0.15) is 0 Å². The fourth-order valence-corrected chi connectivity index (χ4v) is 2.39. The van der Waals surface area contributed by atoms with E-state index in [2.05, 4.69) is 0 Å². The SMILES string of the molecule is Oc1ccccc1COP(Cl)OCc1ccccc1O. The molecule has 0 aliphatic carbocycles. The fraction of sp³-hybridized carbons (Fsp3) is 0.143. The van der Waals surface area contributed by atoms with Gasteiger partial charge in [0.1, 0.15) is 11.5 Å². The first-order valence-corrected chi connectivity index (χ1v) is 8.00. The van der Waals surface area contributed by atoms with Gasteiger partial charge >= 0.3 is 0 Å². The molecule has 2 aromatic carbocycles. The molecule has 0 radical (unpaired) electrons. The van der Waals surface area contributed by atoms with E-state index in [4.69, 9.17) is 20.3 Å². The van der Waals surface area contributed by atoms with Crippen molar-refractivity contribution in [2.45, 2.75) is 13.2 Å². The number of hydrogen-bond acceptors (Lipinski definition) is 4. The molecule has 2 N–H and O–H groups in total. The van der Waals surface area contributed by atoms with Gasteiger partial charge in [-0.3, -0.25) is 0 Å². The molecule has 2 aromatic rings. The van der Waals surface area contributed by atoms with Crippen LogP contribution in [0, 0.1) is 0 Å². The van der Waals surface area contributed by atoms with E-state index in [1.54, 1.807) is 48.5 Å². The number of para-hydroxylation sites is 2. The van der Waals surface area contributed by atoms with Gasteiger partial charge in [0.15, 0.2) is 0 Å². The lowest BCUT2D eigenvalue weighted by molar-refractivity contribution is 0.242. The molecule has 0 bridgehead atoms. The first-order valence-electron chi connectivity index (χ1n) is 5.92. The van der Waals surface area contributed by atoms with Crippen LogP contribution in [0.25, 0.3) is 0 Å². The smallest absolute Gasteiger partial charge is 0.277 e. The third kappa shape index (κ3) is 4.36. The Bertz CT molecular complexity index is 515. The molecule has 0 aliphatic heterocycles. The van der Waals surface area contributed by atoms with Crippen LogP contribution >= 0.6 is 19.0 Å². The maximum absolute atomic E-state index is 9.58. The number of phenols is 2. The van der Waals surface area contributed by atoms with E-state index in [-0.39, 0.29) is 24.7 Å². The third-order valence-electron chi connectivity index (χ3n) is 2.63. The van der Waals surface area contributed by atoms with E-state index in [1.165, 1.54) is 0 Å². The quantitative estimate of drug-likeness (QED) is 0.781. The van der Waals surface area contributed by atoms with E-state index in [1.807, 2.05) is 0 Å². The average molecular weight is 313 g/mol. The van der Waals surface area contributed by atoms with Gasteiger partial charge in [0.2, 0.25) is 0 Å². The molecule has 0 aromatic heterocycles. The molecule has 0 atom stereocenters. The summed E-state index contributed by atoms with van der Waals surface area (Å²) >= 11 is 5.94. The molecule has 0 fully saturated rings. The molecule has 4 nitrogen and oxygen atoms in total. The lowest BCUT2D eigenvalue weighted by Gasteiger charge is -2.12. The highest BCUT2D eigenvalue weighted by atomic mass is 35.7. The largest absolute Gasteiger partial charge is 0.508 e. The van der Waals surface area contributed by atoms with Crippen LogP contribution in [0.2, 0.25) is 0 Å². The van der Waals surface area contributed by atoms with Crippen LogP contribution in [0.1, 0.15) is 11.1 Å². The maximum atomic E-state index is 9.58. The Morgan fingerprint density at radius 2 is 1.20 bits per heavy atom. The summed E-state index contributed by atoms with van der Waals surface area (Å²) in [5, 5.41) is 19.2. The third-order valence-corrected chi connectivity index (χ3v) is 3.88. The van der Waals surface area contributed by atoms with Gasteiger partial charge in [-0.25, -0.2) is 0 Å². The second-order valence-corrected chi connectivity index (χ2v) is 5.79. The minimum atomic E-state index is -1.60. The minimum absolute atomic E-state index is 0.160. The summed E-state index contributed by atoms with van der Waals surface area (Å²) in [6, 6.07) is 13.7. The molecule has 6 heteroatoms. The molecule has 106 valence electrons. The van der Waals surface area contributed by atoms with Crippen molar-refractivity contribution < 1.29 is 19.3 Å². The normalized spacial score (nSPS) is 10.9. The number of rotatable bonds is 6. The fourth-order valence-electron chi connectivity index (χ4n) is 1.54. The highest BCUT2D eigenvalue weighted by Crippen LogP contribution is 2.46. The number of hydrogen-bond donors (Lipinski definition) is 2. The van der Waals surface area contributed by atoms with Crippen LogP contribution in [-0.2, 0) is 22.3 Å². The van der Waals surface area contributed by atoms with Gasteiger partial charge in [-0.05, 0) is 23.4 Å². The maximum Gasteiger partial charge on any atom is 0.277 e. The Morgan fingerprint density at radius 1 is 0.800 bits per heavy atom. The summed E-state index contributed by atoms with van der Waals surface area (Å²) < 4.78 is 10.7. The molecule has 20 heavy (non-hydrogen) atoms. The molecule has 0 aliphatic rings. The van der Waals surface area contributed by atoms with Crippen molar-refractivity contribution in [3.63, 3.8) is 0 Å². The average Bonchev–Trinajstić information content (AvgIpc) is 2.45. The summed E-state index contributed by atoms with van der Waals surface area (Å²) in [5.74, 6) is 0.321. The molecular formula is C14H14ClO4P. The molecule has 2 rings (SSSR count). The Morgan fingerprint density at radius 3 is 1.60 bits per heavy atom. The van der Waals surface area contributed by atoms with Crippen molar-refractivity contribution in [2.75, 3.05) is 0 Å². The summed E-state index contributed by atoms with van der Waals surface area (Å²) in [4.78, 5) is 0. The van der Waals surface area contributed by atoms with Crippen LogP contribution in [0.5, 0.6) is 11.5 Å². The summed E-state index contributed by atoms with van der Waals surface area (Å²) in [6.45, 7) is 0.339. The van der Waals surface area contributed by atoms with E-state index in [0.29, 0.717) is 11.1 Å². The van der Waals surface area contributed by atoms with E-state index < -0.39 is 7.73 Å². The lowest BCUT2D eigenvalue weighted by Crippen LogP contribution is -1.91. The zero-order valence-corrected chi connectivity index (χ0v) is 12.2. The van der Waals surface area contributed by atoms with Crippen molar-refractivity contribution in [1.82, 2.24) is 0 Å². The zero-order chi connectivity index (χ0) is 14.4. The van der Waals surface area contributed by atoms with Gasteiger partial charge in [0.25, 0.3) is 7.73 Å². The summed E-state index contributed by atoms with van der Waals surface area (Å²) in [5.41, 5.74) is 1.29. The molecule has 0 amide bonds. The highest BCUT2D eigenvalue weighted by Gasteiger charge is 2.10. The number of benzene rings is 2. The second-order valence-electron chi connectivity index (χ2n) is 4.02. The van der Waals surface area contributed by atoms with E-state index in [9.17, 15) is 10.2 Å². The number of phenolic OH excluding ortho intramolecular Hbond substituents is 2. The van der Waals surface area contributed by atoms with Gasteiger partial charge in [0.05, 0.1) is 13.2 Å². The Labute approximate surface area is 123 Å². The number of halogens is 1. The number of aromatic hydroxyl groups is 2. The summed E-state index contributed by atoms with van der Waals surface area (Å²) in [6.07, 6.45) is 0. The Hall–Kier alpha value is -1.32. The Kier molecular flexibility index (Phi) is 5.62. The van der Waals surface area contributed by atoms with E-state index >= 15 is 0 Å². The predicted molar refractivity (Wildman–Crippen MR) is 78.6 cm³/mol. The molecular weight excluding hydrogens is 299 g/mol. The van der Waals surface area contributed by atoms with Crippen LogP contribution in [-0.4, -0.2) is 10.2 Å². The van der Waals surface area contributed by atoms with Crippen molar-refractivity contribution in [2.24, 2.45) is 0 Å². The predicted octanol–water partition coefficient (Wildman–Crippen LogP) is 4.30. The summed E-state index contributed by atoms with van der Waals surface area (Å²) in [7, 11) is -1.60. The molecule has 0 spiro atoms.